The van der Waals surface area contributed by atoms with Crippen LogP contribution in [0.5, 0.6) is 11.6 Å². The Bertz CT molecular complexity index is 963. The Kier molecular flexibility index (Phi) is 7.07. The molecule has 0 unspecified atom stereocenters. The van der Waals surface area contributed by atoms with Crippen LogP contribution in [0.15, 0.2) is 18.3 Å². The van der Waals surface area contributed by atoms with Crippen LogP contribution in [-0.4, -0.2) is 67.2 Å². The average Bonchev–Trinajstić information content (AvgIpc) is 2.79. The third-order valence-corrected chi connectivity index (χ3v) is 5.85. The Morgan fingerprint density at radius 1 is 1.15 bits per heavy atom. The third kappa shape index (κ3) is 6.16. The molecule has 1 aliphatic carbocycles. The van der Waals surface area contributed by atoms with Gasteiger partial charge in [-0.3, -0.25) is 4.98 Å². The molecule has 180 valence electrons. The molecule has 2 fully saturated rings. The number of nitrogens with one attached hydrogen (secondary N) is 1. The van der Waals surface area contributed by atoms with Crippen molar-refractivity contribution in [1.29, 1.82) is 0 Å². The number of carbonyl (C=O) groups is 1. The van der Waals surface area contributed by atoms with Gasteiger partial charge in [0.2, 0.25) is 5.88 Å². The summed E-state index contributed by atoms with van der Waals surface area (Å²) in [6.45, 7) is 8.53. The number of nitrogens with zero attached hydrogens (tertiary/aromatic N) is 3. The molecular weight excluding hydrogens is 424 g/mol. The van der Waals surface area contributed by atoms with E-state index in [0.717, 1.165) is 55.5 Å². The van der Waals surface area contributed by atoms with Gasteiger partial charge in [0.25, 0.3) is 0 Å². The fourth-order valence-electron chi connectivity index (χ4n) is 4.17. The highest BCUT2D eigenvalue weighted by Gasteiger charge is 2.27. The second kappa shape index (κ2) is 9.99. The zero-order valence-electron chi connectivity index (χ0n) is 19.9. The van der Waals surface area contributed by atoms with E-state index < -0.39 is 5.60 Å². The number of alkyl carbamates (subject to hydrolysis) is 1. The van der Waals surface area contributed by atoms with Crippen LogP contribution in [0.3, 0.4) is 0 Å². The quantitative estimate of drug-likeness (QED) is 0.725. The van der Waals surface area contributed by atoms with Crippen molar-refractivity contribution >= 4 is 22.8 Å². The van der Waals surface area contributed by atoms with Gasteiger partial charge in [-0.15, -0.1) is 0 Å². The SMILES string of the molecule is COc1cnc2cc(N3CCOCC3)nc(O[C@H]3CC[C@@H](NC(=O)OC(C)(C)C)CC3)c2c1. The largest absolute Gasteiger partial charge is 0.495 e. The number of methoxy groups -OCH3 is 1. The summed E-state index contributed by atoms with van der Waals surface area (Å²) in [4.78, 5) is 23.7. The number of fused-ring (bicyclic) bond motifs is 1. The molecule has 4 rings (SSSR count). The average molecular weight is 459 g/mol. The molecule has 0 aromatic carbocycles. The molecule has 33 heavy (non-hydrogen) atoms. The Morgan fingerprint density at radius 2 is 1.88 bits per heavy atom. The molecule has 1 aliphatic heterocycles. The lowest BCUT2D eigenvalue weighted by Gasteiger charge is -2.31. The summed E-state index contributed by atoms with van der Waals surface area (Å²) in [5.74, 6) is 2.08. The van der Waals surface area contributed by atoms with E-state index in [0.29, 0.717) is 24.8 Å². The number of hydrogen-bond donors (Lipinski definition) is 1. The lowest BCUT2D eigenvalue weighted by molar-refractivity contribution is 0.0470. The molecule has 2 aromatic rings. The van der Waals surface area contributed by atoms with E-state index in [9.17, 15) is 4.79 Å². The number of hydrogen-bond acceptors (Lipinski definition) is 8. The van der Waals surface area contributed by atoms with Gasteiger partial charge < -0.3 is 29.2 Å². The van der Waals surface area contributed by atoms with Crippen LogP contribution < -0.4 is 19.7 Å². The molecule has 1 saturated heterocycles. The second-order valence-corrected chi connectivity index (χ2v) is 9.56. The van der Waals surface area contributed by atoms with Gasteiger partial charge in [0, 0.05) is 25.2 Å². The van der Waals surface area contributed by atoms with Crippen LogP contribution >= 0.6 is 0 Å². The summed E-state index contributed by atoms with van der Waals surface area (Å²) in [5.41, 5.74) is 0.320. The van der Waals surface area contributed by atoms with Crippen LogP contribution in [0.4, 0.5) is 10.6 Å². The highest BCUT2D eigenvalue weighted by Crippen LogP contribution is 2.32. The summed E-state index contributed by atoms with van der Waals surface area (Å²) >= 11 is 0. The fourth-order valence-corrected chi connectivity index (χ4v) is 4.17. The third-order valence-electron chi connectivity index (χ3n) is 5.85. The monoisotopic (exact) mass is 458 g/mol. The van der Waals surface area contributed by atoms with E-state index in [1.54, 1.807) is 13.3 Å². The van der Waals surface area contributed by atoms with Gasteiger partial charge >= 0.3 is 6.09 Å². The molecule has 2 aromatic heterocycles. The van der Waals surface area contributed by atoms with Gasteiger partial charge in [-0.25, -0.2) is 4.79 Å². The Labute approximate surface area is 194 Å². The van der Waals surface area contributed by atoms with Crippen molar-refractivity contribution in [1.82, 2.24) is 15.3 Å². The first-order chi connectivity index (χ1) is 15.8. The molecule has 3 heterocycles. The molecular formula is C24H34N4O5. The normalized spacial score (nSPS) is 21.5. The summed E-state index contributed by atoms with van der Waals surface area (Å²) in [6, 6.07) is 4.00. The van der Waals surface area contributed by atoms with Crippen LogP contribution in [0.1, 0.15) is 46.5 Å². The van der Waals surface area contributed by atoms with Crippen molar-refractivity contribution in [2.24, 2.45) is 0 Å². The van der Waals surface area contributed by atoms with Crippen molar-refractivity contribution in [3.05, 3.63) is 18.3 Å². The van der Waals surface area contributed by atoms with E-state index >= 15 is 0 Å². The van der Waals surface area contributed by atoms with Crippen molar-refractivity contribution in [3.8, 4) is 11.6 Å². The Hall–Kier alpha value is -2.81. The first-order valence-corrected chi connectivity index (χ1v) is 11.6. The number of morpholine rings is 1. The van der Waals surface area contributed by atoms with E-state index in [2.05, 4.69) is 15.2 Å². The van der Waals surface area contributed by atoms with Crippen LogP contribution in [0, 0.1) is 0 Å². The highest BCUT2D eigenvalue weighted by molar-refractivity contribution is 5.87. The van der Waals surface area contributed by atoms with Crippen LogP contribution in [0.25, 0.3) is 10.9 Å². The number of pyridine rings is 2. The molecule has 2 aliphatic rings. The molecule has 1 saturated carbocycles. The lowest BCUT2D eigenvalue weighted by Crippen LogP contribution is -2.42. The van der Waals surface area contributed by atoms with Gasteiger partial charge in [-0.05, 0) is 52.5 Å². The maximum absolute atomic E-state index is 12.1. The summed E-state index contributed by atoms with van der Waals surface area (Å²) < 4.78 is 22.7. The standard InChI is InChI=1S/C24H34N4O5/c1-24(2,3)33-23(29)26-16-5-7-17(8-6-16)32-22-19-13-18(30-4)15-25-20(19)14-21(27-22)28-9-11-31-12-10-28/h13-17H,5-12H2,1-4H3,(H,26,29)/t16-,17+. The minimum Gasteiger partial charge on any atom is -0.495 e. The number of ether oxygens (including phenoxy) is 4. The minimum atomic E-state index is -0.502. The molecule has 0 spiro atoms. The number of aromatic nitrogens is 2. The number of amides is 1. The predicted octanol–water partition coefficient (Wildman–Crippen LogP) is 3.69. The fraction of sp³-hybridized carbons (Fsp3) is 0.625. The number of rotatable bonds is 5. The van der Waals surface area contributed by atoms with Crippen molar-refractivity contribution < 1.29 is 23.7 Å². The molecule has 1 amide bonds. The first-order valence-electron chi connectivity index (χ1n) is 11.6. The van der Waals surface area contributed by atoms with Gasteiger partial charge in [-0.1, -0.05) is 0 Å². The molecule has 9 nitrogen and oxygen atoms in total. The number of carbonyl (C=O) groups excluding carboxylic acids is 1. The van der Waals surface area contributed by atoms with Gasteiger partial charge in [-0.2, -0.15) is 4.98 Å². The summed E-state index contributed by atoms with van der Waals surface area (Å²) in [6.07, 6.45) is 4.66. The summed E-state index contributed by atoms with van der Waals surface area (Å²) in [7, 11) is 1.62. The summed E-state index contributed by atoms with van der Waals surface area (Å²) in [5, 5.41) is 3.81. The Morgan fingerprint density at radius 3 is 2.55 bits per heavy atom. The molecule has 0 radical (unpaired) electrons. The zero-order chi connectivity index (χ0) is 23.4. The van der Waals surface area contributed by atoms with Gasteiger partial charge in [0.15, 0.2) is 0 Å². The minimum absolute atomic E-state index is 0.0172. The van der Waals surface area contributed by atoms with Crippen LogP contribution in [-0.2, 0) is 9.47 Å². The highest BCUT2D eigenvalue weighted by atomic mass is 16.6. The van der Waals surface area contributed by atoms with E-state index in [-0.39, 0.29) is 18.2 Å². The van der Waals surface area contributed by atoms with E-state index in [4.69, 9.17) is 23.9 Å². The molecule has 1 N–H and O–H groups in total. The molecule has 0 atom stereocenters. The van der Waals surface area contributed by atoms with E-state index in [1.165, 1.54) is 0 Å². The van der Waals surface area contributed by atoms with E-state index in [1.807, 2.05) is 32.9 Å². The maximum Gasteiger partial charge on any atom is 0.407 e. The smallest absolute Gasteiger partial charge is 0.407 e. The molecule has 0 bridgehead atoms. The van der Waals surface area contributed by atoms with Gasteiger partial charge in [0.05, 0.1) is 37.4 Å². The van der Waals surface area contributed by atoms with Crippen molar-refractivity contribution in [3.63, 3.8) is 0 Å². The second-order valence-electron chi connectivity index (χ2n) is 9.56. The van der Waals surface area contributed by atoms with Crippen molar-refractivity contribution in [2.75, 3.05) is 38.3 Å². The Balaban J connectivity index is 1.46. The van der Waals surface area contributed by atoms with Crippen LogP contribution in [0.2, 0.25) is 0 Å². The molecule has 9 heteroatoms. The van der Waals surface area contributed by atoms with Crippen molar-refractivity contribution in [2.45, 2.75) is 64.2 Å². The predicted molar refractivity (Wildman–Crippen MR) is 125 cm³/mol. The first kappa shape index (κ1) is 23.4. The lowest BCUT2D eigenvalue weighted by atomic mass is 9.93. The topological polar surface area (TPSA) is 95.0 Å². The van der Waals surface area contributed by atoms with Gasteiger partial charge in [0.1, 0.15) is 23.3 Å². The zero-order valence-corrected chi connectivity index (χ0v) is 19.9. The maximum atomic E-state index is 12.1. The number of anilines is 1.